The largest absolute Gasteiger partial charge is 0.490 e. The molecule has 0 bridgehead atoms. The lowest BCUT2D eigenvalue weighted by atomic mass is 10.1. The van der Waals surface area contributed by atoms with Gasteiger partial charge in [0.2, 0.25) is 5.91 Å². The summed E-state index contributed by atoms with van der Waals surface area (Å²) in [5.41, 5.74) is 0.986. The number of carbonyl (C=O) groups is 1. The topological polar surface area (TPSA) is 47.6 Å². The van der Waals surface area contributed by atoms with E-state index in [1.807, 2.05) is 51.1 Å². The zero-order valence-electron chi connectivity index (χ0n) is 15.2. The van der Waals surface area contributed by atoms with Gasteiger partial charge in [-0.1, -0.05) is 17.7 Å². The number of nitrogens with one attached hydrogen (secondary N) is 1. The molecule has 0 fully saturated rings. The molecule has 2 rings (SSSR count). The van der Waals surface area contributed by atoms with Crippen LogP contribution in [0.15, 0.2) is 30.3 Å². The van der Waals surface area contributed by atoms with Crippen LogP contribution in [0, 0.1) is 0 Å². The van der Waals surface area contributed by atoms with Crippen LogP contribution in [0.4, 0.5) is 0 Å². The van der Waals surface area contributed by atoms with Crippen LogP contribution in [0.5, 0.6) is 11.5 Å². The Morgan fingerprint density at radius 3 is 2.58 bits per heavy atom. The molecule has 1 aromatic heterocycles. The van der Waals surface area contributed by atoms with Gasteiger partial charge >= 0.3 is 0 Å². The predicted molar refractivity (Wildman–Crippen MR) is 111 cm³/mol. The van der Waals surface area contributed by atoms with E-state index in [2.05, 4.69) is 5.32 Å². The minimum Gasteiger partial charge on any atom is -0.490 e. The first-order valence-corrected chi connectivity index (χ1v) is 10.9. The Kier molecular flexibility index (Phi) is 8.62. The van der Waals surface area contributed by atoms with Gasteiger partial charge in [-0.05, 0) is 50.6 Å². The maximum atomic E-state index is 12.2. The van der Waals surface area contributed by atoms with Crippen molar-refractivity contribution in [3.63, 3.8) is 0 Å². The first-order chi connectivity index (χ1) is 12.5. The third kappa shape index (κ3) is 6.41. The standard InChI is InChI=1S/C19H24ClNO3S2/c1-4-23-16-8-6-14(10-17(16)24-5-2)13(3)21-19(22)12-25-11-15-7-9-18(20)26-15/h6-10,13H,4-5,11-12H2,1-3H3,(H,21,22)/t13-/m0/s1. The van der Waals surface area contributed by atoms with Gasteiger partial charge in [0, 0.05) is 10.6 Å². The first kappa shape index (κ1) is 20.9. The average molecular weight is 414 g/mol. The minimum atomic E-state index is -0.103. The summed E-state index contributed by atoms with van der Waals surface area (Å²) in [5.74, 6) is 2.64. The Labute approximate surface area is 168 Å². The number of thiophene rings is 1. The van der Waals surface area contributed by atoms with Gasteiger partial charge in [0.05, 0.1) is 29.3 Å². The lowest BCUT2D eigenvalue weighted by Gasteiger charge is -2.17. The summed E-state index contributed by atoms with van der Waals surface area (Å²) < 4.78 is 12.0. The molecule has 7 heteroatoms. The molecule has 1 aromatic carbocycles. The Hall–Kier alpha value is -1.37. The molecule has 0 saturated heterocycles. The summed E-state index contributed by atoms with van der Waals surface area (Å²) in [4.78, 5) is 13.4. The third-order valence-electron chi connectivity index (χ3n) is 3.55. The zero-order chi connectivity index (χ0) is 18.9. The molecular formula is C19H24ClNO3S2. The number of hydrogen-bond donors (Lipinski definition) is 1. The van der Waals surface area contributed by atoms with Crippen molar-refractivity contribution in [1.82, 2.24) is 5.32 Å². The highest BCUT2D eigenvalue weighted by Crippen LogP contribution is 2.31. The molecule has 0 radical (unpaired) electrons. The van der Waals surface area contributed by atoms with Gasteiger partial charge in [-0.15, -0.1) is 23.1 Å². The van der Waals surface area contributed by atoms with E-state index in [0.717, 1.165) is 21.4 Å². The maximum absolute atomic E-state index is 12.2. The molecule has 1 amide bonds. The number of thioether (sulfide) groups is 1. The van der Waals surface area contributed by atoms with E-state index in [0.29, 0.717) is 24.7 Å². The van der Waals surface area contributed by atoms with Crippen LogP contribution in [-0.2, 0) is 10.5 Å². The Morgan fingerprint density at radius 1 is 1.19 bits per heavy atom. The van der Waals surface area contributed by atoms with Crippen molar-refractivity contribution in [3.05, 3.63) is 45.1 Å². The number of amides is 1. The number of benzene rings is 1. The monoisotopic (exact) mass is 413 g/mol. The van der Waals surface area contributed by atoms with Crippen molar-refractivity contribution in [1.29, 1.82) is 0 Å². The van der Waals surface area contributed by atoms with Crippen LogP contribution in [0.25, 0.3) is 0 Å². The van der Waals surface area contributed by atoms with Crippen molar-refractivity contribution in [3.8, 4) is 11.5 Å². The number of halogens is 1. The van der Waals surface area contributed by atoms with Crippen molar-refractivity contribution in [2.45, 2.75) is 32.6 Å². The molecule has 1 heterocycles. The van der Waals surface area contributed by atoms with Crippen LogP contribution >= 0.6 is 34.7 Å². The lowest BCUT2D eigenvalue weighted by molar-refractivity contribution is -0.119. The van der Waals surface area contributed by atoms with Gasteiger partial charge in [0.25, 0.3) is 0 Å². The molecular weight excluding hydrogens is 390 g/mol. The van der Waals surface area contributed by atoms with Gasteiger partial charge in [-0.2, -0.15) is 0 Å². The molecule has 0 unspecified atom stereocenters. The molecule has 0 aliphatic carbocycles. The van der Waals surface area contributed by atoms with Crippen LogP contribution < -0.4 is 14.8 Å². The maximum Gasteiger partial charge on any atom is 0.230 e. The van der Waals surface area contributed by atoms with Gasteiger partial charge in [0.1, 0.15) is 0 Å². The van der Waals surface area contributed by atoms with Crippen molar-refractivity contribution in [2.75, 3.05) is 19.0 Å². The van der Waals surface area contributed by atoms with Gasteiger partial charge in [-0.3, -0.25) is 4.79 Å². The van der Waals surface area contributed by atoms with Crippen molar-refractivity contribution in [2.24, 2.45) is 0 Å². The zero-order valence-corrected chi connectivity index (χ0v) is 17.6. The quantitative estimate of drug-likeness (QED) is 0.573. The molecule has 26 heavy (non-hydrogen) atoms. The van der Waals surface area contributed by atoms with Crippen molar-refractivity contribution < 1.29 is 14.3 Å². The summed E-state index contributed by atoms with van der Waals surface area (Å²) in [6, 6.07) is 9.55. The molecule has 2 aromatic rings. The second-order valence-corrected chi connectivity index (χ2v) is 8.35. The van der Waals surface area contributed by atoms with Gasteiger partial charge in [0.15, 0.2) is 11.5 Å². The number of ether oxygens (including phenoxy) is 2. The molecule has 0 aliphatic rings. The van der Waals surface area contributed by atoms with E-state index in [-0.39, 0.29) is 11.9 Å². The molecule has 0 aliphatic heterocycles. The van der Waals surface area contributed by atoms with E-state index in [1.54, 1.807) is 23.1 Å². The van der Waals surface area contributed by atoms with E-state index in [9.17, 15) is 4.79 Å². The summed E-state index contributed by atoms with van der Waals surface area (Å²) in [6.45, 7) is 6.99. The van der Waals surface area contributed by atoms with E-state index in [1.165, 1.54) is 4.88 Å². The Bertz CT molecular complexity index is 721. The Morgan fingerprint density at radius 2 is 1.92 bits per heavy atom. The molecule has 1 N–H and O–H groups in total. The lowest BCUT2D eigenvalue weighted by Crippen LogP contribution is -2.28. The second-order valence-electron chi connectivity index (χ2n) is 5.56. The summed E-state index contributed by atoms with van der Waals surface area (Å²) >= 11 is 9.04. The molecule has 0 saturated carbocycles. The van der Waals surface area contributed by atoms with E-state index >= 15 is 0 Å². The second kappa shape index (κ2) is 10.7. The summed E-state index contributed by atoms with van der Waals surface area (Å²) in [6.07, 6.45) is 0. The SMILES string of the molecule is CCOc1ccc([C@H](C)NC(=O)CSCc2ccc(Cl)s2)cc1OCC. The number of carbonyl (C=O) groups excluding carboxylic acids is 1. The molecule has 4 nitrogen and oxygen atoms in total. The normalized spacial score (nSPS) is 11.8. The van der Waals surface area contributed by atoms with Gasteiger partial charge < -0.3 is 14.8 Å². The molecule has 142 valence electrons. The van der Waals surface area contributed by atoms with Crippen molar-refractivity contribution >= 4 is 40.6 Å². The Balaban J connectivity index is 1.88. The fourth-order valence-corrected chi connectivity index (χ4v) is 4.41. The summed E-state index contributed by atoms with van der Waals surface area (Å²) in [7, 11) is 0. The van der Waals surface area contributed by atoms with Crippen LogP contribution in [-0.4, -0.2) is 24.9 Å². The highest BCUT2D eigenvalue weighted by molar-refractivity contribution is 7.99. The third-order valence-corrected chi connectivity index (χ3v) is 5.95. The number of hydrogen-bond acceptors (Lipinski definition) is 5. The number of rotatable bonds is 10. The smallest absolute Gasteiger partial charge is 0.230 e. The van der Waals surface area contributed by atoms with E-state index < -0.39 is 0 Å². The highest BCUT2D eigenvalue weighted by Gasteiger charge is 2.13. The predicted octanol–water partition coefficient (Wildman–Crippen LogP) is 5.31. The van der Waals surface area contributed by atoms with Crippen LogP contribution in [0.3, 0.4) is 0 Å². The van der Waals surface area contributed by atoms with Crippen LogP contribution in [0.1, 0.15) is 37.3 Å². The summed E-state index contributed by atoms with van der Waals surface area (Å²) in [5, 5.41) is 3.03. The average Bonchev–Trinajstić information content (AvgIpc) is 3.02. The van der Waals surface area contributed by atoms with E-state index in [4.69, 9.17) is 21.1 Å². The van der Waals surface area contributed by atoms with Gasteiger partial charge in [-0.25, -0.2) is 0 Å². The van der Waals surface area contributed by atoms with Crippen LogP contribution in [0.2, 0.25) is 4.34 Å². The molecule has 1 atom stereocenters. The first-order valence-electron chi connectivity index (χ1n) is 8.54. The molecule has 0 spiro atoms. The fraction of sp³-hybridized carbons (Fsp3) is 0.421. The highest BCUT2D eigenvalue weighted by atomic mass is 35.5. The minimum absolute atomic E-state index is 0.0111. The fourth-order valence-electron chi connectivity index (χ4n) is 2.38.